The van der Waals surface area contributed by atoms with Gasteiger partial charge in [-0.15, -0.1) is 0 Å². The van der Waals surface area contributed by atoms with E-state index >= 15 is 0 Å². The fourth-order valence-corrected chi connectivity index (χ4v) is 3.26. The first kappa shape index (κ1) is 22.5. The zero-order valence-electron chi connectivity index (χ0n) is 17.7. The quantitative estimate of drug-likeness (QED) is 0.336. The van der Waals surface area contributed by atoms with Crippen LogP contribution in [0.25, 0.3) is 22.3 Å². The Morgan fingerprint density at radius 3 is 2.53 bits per heavy atom. The maximum absolute atomic E-state index is 14.0. The van der Waals surface area contributed by atoms with Crippen LogP contribution < -0.4 is 14.9 Å². The number of phenolic OH excluding ortho intramolecular Hbond substituents is 1. The summed E-state index contributed by atoms with van der Waals surface area (Å²) in [4.78, 5) is 36.5. The molecule has 4 rings (SSSR count). The van der Waals surface area contributed by atoms with Crippen LogP contribution in [0, 0.1) is 5.82 Å². The van der Waals surface area contributed by atoms with Gasteiger partial charge in [0, 0.05) is 23.8 Å². The normalized spacial score (nSPS) is 10.6. The van der Waals surface area contributed by atoms with Gasteiger partial charge in [0.2, 0.25) is 0 Å². The number of methoxy groups -OCH3 is 1. The lowest BCUT2D eigenvalue weighted by Crippen LogP contribution is -2.19. The second-order valence-electron chi connectivity index (χ2n) is 7.02. The molecule has 0 bridgehead atoms. The van der Waals surface area contributed by atoms with Gasteiger partial charge in [-0.1, -0.05) is 36.4 Å². The molecule has 0 unspecified atom stereocenters. The van der Waals surface area contributed by atoms with Crippen molar-refractivity contribution >= 4 is 22.9 Å². The maximum Gasteiger partial charge on any atom is 0.349 e. The lowest BCUT2D eigenvalue weighted by molar-refractivity contribution is -0.136. The molecule has 4 aromatic rings. The van der Waals surface area contributed by atoms with E-state index in [1.165, 1.54) is 24.3 Å². The number of rotatable bonds is 6. The number of carbonyl (C=O) groups excluding carboxylic acids is 2. The number of esters is 2. The summed E-state index contributed by atoms with van der Waals surface area (Å²) in [6.45, 7) is -0.648. The molecule has 0 radical (unpaired) electrons. The Hall–Kier alpha value is -4.66. The van der Waals surface area contributed by atoms with Gasteiger partial charge >= 0.3 is 11.9 Å². The maximum atomic E-state index is 14.0. The van der Waals surface area contributed by atoms with Crippen molar-refractivity contribution in [2.75, 3.05) is 13.7 Å². The van der Waals surface area contributed by atoms with E-state index in [1.807, 2.05) is 6.07 Å². The number of benzene rings is 3. The van der Waals surface area contributed by atoms with E-state index in [0.717, 1.165) is 19.2 Å². The molecular formula is C25H17FO8. The van der Waals surface area contributed by atoms with Gasteiger partial charge in [-0.3, -0.25) is 4.79 Å². The monoisotopic (exact) mass is 464 g/mol. The highest BCUT2D eigenvalue weighted by Crippen LogP contribution is 2.31. The molecular weight excluding hydrogens is 447 g/mol. The molecule has 0 aliphatic heterocycles. The predicted molar refractivity (Wildman–Crippen MR) is 118 cm³/mol. The minimum atomic E-state index is -1.01. The molecule has 0 spiro atoms. The zero-order chi connectivity index (χ0) is 24.2. The van der Waals surface area contributed by atoms with Gasteiger partial charge in [0.15, 0.2) is 12.0 Å². The molecule has 1 aromatic heterocycles. The third-order valence-electron chi connectivity index (χ3n) is 4.79. The molecule has 34 heavy (non-hydrogen) atoms. The minimum Gasteiger partial charge on any atom is -0.507 e. The topological polar surface area (TPSA) is 112 Å². The number of ether oxygens (including phenoxy) is 3. The third kappa shape index (κ3) is 4.58. The zero-order valence-corrected chi connectivity index (χ0v) is 17.7. The number of hydrogen-bond donors (Lipinski definition) is 1. The first-order chi connectivity index (χ1) is 16.4. The molecule has 0 amide bonds. The van der Waals surface area contributed by atoms with Crippen LogP contribution in [0.5, 0.6) is 17.2 Å². The lowest BCUT2D eigenvalue weighted by Gasteiger charge is -2.11. The fourth-order valence-electron chi connectivity index (χ4n) is 3.26. The summed E-state index contributed by atoms with van der Waals surface area (Å²) in [6, 6.07) is 16.2. The summed E-state index contributed by atoms with van der Waals surface area (Å²) in [5.74, 6) is -3.30. The van der Waals surface area contributed by atoms with Crippen molar-refractivity contribution < 1.29 is 37.7 Å². The number of hydrogen-bond acceptors (Lipinski definition) is 8. The van der Waals surface area contributed by atoms with Crippen molar-refractivity contribution in [2.45, 2.75) is 0 Å². The first-order valence-electron chi connectivity index (χ1n) is 9.94. The second-order valence-corrected chi connectivity index (χ2v) is 7.02. The van der Waals surface area contributed by atoms with E-state index < -0.39 is 41.1 Å². The highest BCUT2D eigenvalue weighted by atomic mass is 19.1. The van der Waals surface area contributed by atoms with E-state index in [9.17, 15) is 23.9 Å². The number of halogens is 1. The van der Waals surface area contributed by atoms with Crippen molar-refractivity contribution in [3.05, 3.63) is 88.3 Å². The average molecular weight is 464 g/mol. The molecule has 9 heteroatoms. The lowest BCUT2D eigenvalue weighted by atomic mass is 10.1. The Labute approximate surface area is 191 Å². The number of carbonyl (C=O) groups is 2. The molecule has 0 fully saturated rings. The van der Waals surface area contributed by atoms with Crippen molar-refractivity contribution in [3.8, 4) is 28.6 Å². The van der Waals surface area contributed by atoms with Crippen molar-refractivity contribution in [3.63, 3.8) is 0 Å². The van der Waals surface area contributed by atoms with Crippen LogP contribution in [0.1, 0.15) is 10.4 Å². The Morgan fingerprint density at radius 2 is 1.79 bits per heavy atom. The smallest absolute Gasteiger partial charge is 0.349 e. The minimum absolute atomic E-state index is 0.0164. The van der Waals surface area contributed by atoms with Crippen LogP contribution in [0.3, 0.4) is 0 Å². The summed E-state index contributed by atoms with van der Waals surface area (Å²) in [7, 11) is 1.07. The summed E-state index contributed by atoms with van der Waals surface area (Å²) < 4.78 is 34.7. The van der Waals surface area contributed by atoms with Crippen LogP contribution in [0.4, 0.5) is 4.39 Å². The van der Waals surface area contributed by atoms with Gasteiger partial charge < -0.3 is 23.7 Å². The summed E-state index contributed by atoms with van der Waals surface area (Å²) >= 11 is 0. The van der Waals surface area contributed by atoms with Gasteiger partial charge in [0.1, 0.15) is 45.4 Å². The van der Waals surface area contributed by atoms with Crippen LogP contribution >= 0.6 is 0 Å². The van der Waals surface area contributed by atoms with Gasteiger partial charge in [0.25, 0.3) is 0 Å². The Kier molecular flexibility index (Phi) is 6.26. The Bertz CT molecular complexity index is 1440. The molecule has 0 saturated heterocycles. The van der Waals surface area contributed by atoms with E-state index in [1.54, 1.807) is 24.3 Å². The van der Waals surface area contributed by atoms with Crippen LogP contribution in [-0.4, -0.2) is 30.8 Å². The van der Waals surface area contributed by atoms with Crippen LogP contribution in [-0.2, 0) is 9.53 Å². The van der Waals surface area contributed by atoms with Gasteiger partial charge in [-0.2, -0.15) is 0 Å². The summed E-state index contributed by atoms with van der Waals surface area (Å²) in [5, 5.41) is 10.3. The van der Waals surface area contributed by atoms with Crippen LogP contribution in [0.2, 0.25) is 0 Å². The molecule has 1 heterocycles. The van der Waals surface area contributed by atoms with Gasteiger partial charge in [-0.25, -0.2) is 14.0 Å². The molecule has 0 aliphatic rings. The van der Waals surface area contributed by atoms with E-state index in [2.05, 4.69) is 4.74 Å². The SMILES string of the molecule is COC(=O)c1c(F)cccc1OC(=O)COc1cc(O)c2c(=O)cc(-c3ccccc3)oc2c1. The average Bonchev–Trinajstić information content (AvgIpc) is 2.82. The van der Waals surface area contributed by atoms with Crippen molar-refractivity contribution in [1.82, 2.24) is 0 Å². The standard InChI is InChI=1S/C25H17FO8/c1-31-25(30)23-16(26)8-5-9-19(23)34-22(29)13-32-15-10-17(27)24-18(28)12-20(33-21(24)11-15)14-6-3-2-4-7-14/h2-12,27H,13H2,1H3. The van der Waals surface area contributed by atoms with E-state index in [4.69, 9.17) is 13.9 Å². The predicted octanol–water partition coefficient (Wildman–Crippen LogP) is 4.08. The molecule has 0 atom stereocenters. The number of phenols is 1. The van der Waals surface area contributed by atoms with Gasteiger partial charge in [0.05, 0.1) is 7.11 Å². The number of aromatic hydroxyl groups is 1. The highest BCUT2D eigenvalue weighted by Gasteiger charge is 2.21. The highest BCUT2D eigenvalue weighted by molar-refractivity contribution is 5.94. The molecule has 8 nitrogen and oxygen atoms in total. The largest absolute Gasteiger partial charge is 0.507 e. The van der Waals surface area contributed by atoms with E-state index in [0.29, 0.717) is 5.56 Å². The summed E-state index contributed by atoms with van der Waals surface area (Å²) in [6.07, 6.45) is 0. The first-order valence-corrected chi connectivity index (χ1v) is 9.94. The Morgan fingerprint density at radius 1 is 1.03 bits per heavy atom. The molecule has 1 N–H and O–H groups in total. The fraction of sp³-hybridized carbons (Fsp3) is 0.0800. The Balaban J connectivity index is 1.56. The van der Waals surface area contributed by atoms with Gasteiger partial charge in [-0.05, 0) is 12.1 Å². The number of fused-ring (bicyclic) bond motifs is 1. The second kappa shape index (κ2) is 9.45. The van der Waals surface area contributed by atoms with Crippen LogP contribution in [0.15, 0.2) is 75.9 Å². The molecule has 0 saturated carbocycles. The molecule has 172 valence electrons. The van der Waals surface area contributed by atoms with Crippen molar-refractivity contribution in [1.29, 1.82) is 0 Å². The van der Waals surface area contributed by atoms with Crippen molar-refractivity contribution in [2.24, 2.45) is 0 Å². The molecule has 3 aromatic carbocycles. The molecule has 0 aliphatic carbocycles. The van der Waals surface area contributed by atoms with E-state index in [-0.39, 0.29) is 28.2 Å². The summed E-state index contributed by atoms with van der Waals surface area (Å²) in [5.41, 5.74) is -0.276. The third-order valence-corrected chi connectivity index (χ3v) is 4.79.